The van der Waals surface area contributed by atoms with E-state index in [9.17, 15) is 18.3 Å². The van der Waals surface area contributed by atoms with Crippen LogP contribution < -0.4 is 4.72 Å². The Morgan fingerprint density at radius 1 is 1.45 bits per heavy atom. The normalized spacial score (nSPS) is 27.1. The number of nitrogens with zero attached hydrogens (tertiary/aromatic N) is 1. The van der Waals surface area contributed by atoms with Crippen LogP contribution in [0.4, 0.5) is 0 Å². The summed E-state index contributed by atoms with van der Waals surface area (Å²) in [7, 11) is -3.87. The lowest BCUT2D eigenvalue weighted by molar-refractivity contribution is -0.145. The van der Waals surface area contributed by atoms with Crippen LogP contribution in [0.1, 0.15) is 32.6 Å². The van der Waals surface area contributed by atoms with Gasteiger partial charge in [0.1, 0.15) is 10.4 Å². The number of nitrogens with one attached hydrogen (secondary N) is 1. The number of hydrogen-bond acceptors (Lipinski definition) is 4. The summed E-state index contributed by atoms with van der Waals surface area (Å²) in [4.78, 5) is 15.3. The Kier molecular flexibility index (Phi) is 4.10. The van der Waals surface area contributed by atoms with Crippen LogP contribution in [-0.4, -0.2) is 30.0 Å². The zero-order chi connectivity index (χ0) is 14.8. The van der Waals surface area contributed by atoms with Crippen molar-refractivity contribution in [3.8, 4) is 0 Å². The van der Waals surface area contributed by atoms with Gasteiger partial charge in [0.05, 0.1) is 0 Å². The second-order valence-electron chi connectivity index (χ2n) is 5.36. The molecule has 0 radical (unpaired) electrons. The van der Waals surface area contributed by atoms with Gasteiger partial charge in [0, 0.05) is 12.4 Å². The molecule has 0 bridgehead atoms. The predicted molar refractivity (Wildman–Crippen MR) is 72.6 cm³/mol. The Labute approximate surface area is 118 Å². The summed E-state index contributed by atoms with van der Waals surface area (Å²) in [6.07, 6.45) is 4.69. The van der Waals surface area contributed by atoms with Crippen LogP contribution >= 0.6 is 0 Å². The fraction of sp³-hybridized carbons (Fsp3) is 0.538. The van der Waals surface area contributed by atoms with Crippen LogP contribution in [0.15, 0.2) is 29.4 Å². The number of pyridine rings is 1. The van der Waals surface area contributed by atoms with E-state index >= 15 is 0 Å². The molecule has 6 nitrogen and oxygen atoms in total. The summed E-state index contributed by atoms with van der Waals surface area (Å²) < 4.78 is 26.9. The van der Waals surface area contributed by atoms with Crippen LogP contribution in [0, 0.1) is 5.92 Å². The molecule has 110 valence electrons. The van der Waals surface area contributed by atoms with E-state index in [1.165, 1.54) is 24.5 Å². The first-order valence-electron chi connectivity index (χ1n) is 6.53. The minimum Gasteiger partial charge on any atom is -0.480 e. The van der Waals surface area contributed by atoms with E-state index < -0.39 is 21.5 Å². The lowest BCUT2D eigenvalue weighted by Gasteiger charge is -2.36. The molecule has 2 N–H and O–H groups in total. The van der Waals surface area contributed by atoms with Gasteiger partial charge in [0.15, 0.2) is 0 Å². The number of aromatic nitrogens is 1. The molecule has 2 rings (SSSR count). The van der Waals surface area contributed by atoms with E-state index in [-0.39, 0.29) is 4.90 Å². The van der Waals surface area contributed by atoms with Gasteiger partial charge in [0.25, 0.3) is 0 Å². The Morgan fingerprint density at radius 3 is 2.60 bits per heavy atom. The molecule has 0 aliphatic heterocycles. The van der Waals surface area contributed by atoms with Gasteiger partial charge in [-0.15, -0.1) is 0 Å². The highest BCUT2D eigenvalue weighted by molar-refractivity contribution is 7.89. The van der Waals surface area contributed by atoms with Gasteiger partial charge in [0.2, 0.25) is 10.0 Å². The van der Waals surface area contributed by atoms with Crippen LogP contribution in [0.2, 0.25) is 0 Å². The number of aliphatic carboxylic acids is 1. The van der Waals surface area contributed by atoms with Gasteiger partial charge < -0.3 is 5.11 Å². The molecular weight excluding hydrogens is 280 g/mol. The fourth-order valence-corrected chi connectivity index (χ4v) is 3.82. The smallest absolute Gasteiger partial charge is 0.324 e. The van der Waals surface area contributed by atoms with Gasteiger partial charge >= 0.3 is 5.97 Å². The third kappa shape index (κ3) is 2.99. The Morgan fingerprint density at radius 2 is 2.10 bits per heavy atom. The van der Waals surface area contributed by atoms with Crippen LogP contribution in [0.25, 0.3) is 0 Å². The highest BCUT2D eigenvalue weighted by Gasteiger charge is 2.44. The van der Waals surface area contributed by atoms with E-state index in [1.807, 2.05) is 6.92 Å². The van der Waals surface area contributed by atoms with Crippen LogP contribution in [-0.2, 0) is 14.8 Å². The Balaban J connectivity index is 2.27. The zero-order valence-corrected chi connectivity index (χ0v) is 12.1. The van der Waals surface area contributed by atoms with Crippen molar-refractivity contribution in [2.75, 3.05) is 0 Å². The second kappa shape index (κ2) is 5.49. The standard InChI is InChI=1S/C13H18N2O4S/c1-10-4-6-13(7-5-10,12(16)17)15-20(18,19)11-3-2-8-14-9-11/h2-3,8-10,15H,4-7H2,1H3,(H,16,17). The first-order valence-corrected chi connectivity index (χ1v) is 8.01. The molecule has 0 spiro atoms. The molecule has 1 heterocycles. The maximum Gasteiger partial charge on any atom is 0.324 e. The SMILES string of the molecule is CC1CCC(NS(=O)(=O)c2cccnc2)(C(=O)O)CC1. The first-order chi connectivity index (χ1) is 9.36. The molecule has 7 heteroatoms. The summed E-state index contributed by atoms with van der Waals surface area (Å²) in [6.45, 7) is 2.04. The Bertz CT molecular complexity index is 578. The number of rotatable bonds is 4. The van der Waals surface area contributed by atoms with Gasteiger partial charge in [-0.1, -0.05) is 6.92 Å². The molecule has 0 atom stereocenters. The number of carbonyl (C=O) groups is 1. The third-order valence-corrected chi connectivity index (χ3v) is 5.33. The van der Waals surface area contributed by atoms with E-state index in [1.54, 1.807) is 0 Å². The van der Waals surface area contributed by atoms with Gasteiger partial charge in [-0.05, 0) is 43.7 Å². The molecule has 0 saturated heterocycles. The summed E-state index contributed by atoms with van der Waals surface area (Å²) >= 11 is 0. The summed E-state index contributed by atoms with van der Waals surface area (Å²) in [5.74, 6) is -0.692. The summed E-state index contributed by atoms with van der Waals surface area (Å²) in [5, 5.41) is 9.44. The number of carboxylic acid groups (broad SMARTS) is 1. The largest absolute Gasteiger partial charge is 0.480 e. The number of hydrogen-bond donors (Lipinski definition) is 2. The fourth-order valence-electron chi connectivity index (χ4n) is 2.44. The van der Waals surface area contributed by atoms with Gasteiger partial charge in [-0.2, -0.15) is 4.72 Å². The van der Waals surface area contributed by atoms with Crippen molar-refractivity contribution in [3.63, 3.8) is 0 Å². The van der Waals surface area contributed by atoms with E-state index in [0.717, 1.165) is 0 Å². The summed E-state index contributed by atoms with van der Waals surface area (Å²) in [6, 6.07) is 2.90. The number of carboxylic acids is 1. The van der Waals surface area contributed by atoms with Crippen molar-refractivity contribution in [3.05, 3.63) is 24.5 Å². The lowest BCUT2D eigenvalue weighted by atomic mass is 9.78. The minimum absolute atomic E-state index is 0.0146. The van der Waals surface area contributed by atoms with Crippen molar-refractivity contribution in [2.24, 2.45) is 5.92 Å². The van der Waals surface area contributed by atoms with E-state index in [2.05, 4.69) is 9.71 Å². The maximum atomic E-state index is 12.3. The molecule has 20 heavy (non-hydrogen) atoms. The molecule has 0 aromatic carbocycles. The predicted octanol–water partition coefficient (Wildman–Crippen LogP) is 1.39. The average Bonchev–Trinajstić information content (AvgIpc) is 2.42. The van der Waals surface area contributed by atoms with Crippen LogP contribution in [0.5, 0.6) is 0 Å². The third-order valence-electron chi connectivity index (χ3n) is 3.81. The van der Waals surface area contributed by atoms with Gasteiger partial charge in [-0.25, -0.2) is 8.42 Å². The van der Waals surface area contributed by atoms with E-state index in [0.29, 0.717) is 31.6 Å². The molecule has 1 aliphatic carbocycles. The molecule has 1 fully saturated rings. The molecule has 1 saturated carbocycles. The molecule has 0 amide bonds. The average molecular weight is 298 g/mol. The molecule has 0 unspecified atom stereocenters. The second-order valence-corrected chi connectivity index (χ2v) is 7.05. The Hall–Kier alpha value is -1.47. The van der Waals surface area contributed by atoms with Crippen LogP contribution in [0.3, 0.4) is 0 Å². The lowest BCUT2D eigenvalue weighted by Crippen LogP contribution is -2.56. The van der Waals surface area contributed by atoms with Crippen molar-refractivity contribution < 1.29 is 18.3 Å². The number of sulfonamides is 1. The topological polar surface area (TPSA) is 96.4 Å². The zero-order valence-electron chi connectivity index (χ0n) is 11.2. The summed E-state index contributed by atoms with van der Waals surface area (Å²) in [5.41, 5.74) is -1.40. The molecule has 1 aromatic heterocycles. The molecule has 1 aliphatic rings. The van der Waals surface area contributed by atoms with Crippen molar-refractivity contribution in [1.29, 1.82) is 0 Å². The van der Waals surface area contributed by atoms with Gasteiger partial charge in [-0.3, -0.25) is 9.78 Å². The van der Waals surface area contributed by atoms with Crippen molar-refractivity contribution in [1.82, 2.24) is 9.71 Å². The minimum atomic E-state index is -3.87. The first kappa shape index (κ1) is 14.9. The highest BCUT2D eigenvalue weighted by atomic mass is 32.2. The monoisotopic (exact) mass is 298 g/mol. The highest BCUT2D eigenvalue weighted by Crippen LogP contribution is 2.33. The quantitative estimate of drug-likeness (QED) is 0.875. The van der Waals surface area contributed by atoms with E-state index in [4.69, 9.17) is 0 Å². The molecule has 1 aromatic rings. The maximum absolute atomic E-state index is 12.3. The van der Waals surface area contributed by atoms with Crippen molar-refractivity contribution >= 4 is 16.0 Å². The molecular formula is C13H18N2O4S. The van der Waals surface area contributed by atoms with Crippen molar-refractivity contribution in [2.45, 2.75) is 43.0 Å².